The zero-order chi connectivity index (χ0) is 14.5. The van der Waals surface area contributed by atoms with Gasteiger partial charge in [-0.2, -0.15) is 0 Å². The van der Waals surface area contributed by atoms with E-state index in [1.54, 1.807) is 0 Å². The molecule has 0 radical (unpaired) electrons. The van der Waals surface area contributed by atoms with E-state index in [-0.39, 0.29) is 0 Å². The molecule has 0 unspecified atom stereocenters. The van der Waals surface area contributed by atoms with Gasteiger partial charge in [-0.1, -0.05) is 62.9 Å². The number of nitrogens with two attached hydrogens (primary N) is 1. The quantitative estimate of drug-likeness (QED) is 0.564. The SMILES string of the molecule is C=C/C(=C\CCC)c1ccc2c(C=C)c(N)ccc2c1. The lowest BCUT2D eigenvalue weighted by molar-refractivity contribution is 0.960. The van der Waals surface area contributed by atoms with E-state index in [0.717, 1.165) is 29.5 Å². The Labute approximate surface area is 121 Å². The van der Waals surface area contributed by atoms with Crippen molar-refractivity contribution in [3.63, 3.8) is 0 Å². The first-order chi connectivity index (χ1) is 9.71. The largest absolute Gasteiger partial charge is 0.398 e. The zero-order valence-corrected chi connectivity index (χ0v) is 12.0. The van der Waals surface area contributed by atoms with E-state index in [9.17, 15) is 0 Å². The van der Waals surface area contributed by atoms with E-state index in [4.69, 9.17) is 5.73 Å². The van der Waals surface area contributed by atoms with E-state index in [0.29, 0.717) is 0 Å². The molecule has 102 valence electrons. The van der Waals surface area contributed by atoms with Crippen LogP contribution in [0.25, 0.3) is 22.4 Å². The summed E-state index contributed by atoms with van der Waals surface area (Å²) in [4.78, 5) is 0. The van der Waals surface area contributed by atoms with Crippen LogP contribution in [0.4, 0.5) is 5.69 Å². The molecule has 2 aromatic rings. The highest BCUT2D eigenvalue weighted by Crippen LogP contribution is 2.28. The van der Waals surface area contributed by atoms with Crippen molar-refractivity contribution < 1.29 is 0 Å². The fourth-order valence-corrected chi connectivity index (χ4v) is 2.40. The fourth-order valence-electron chi connectivity index (χ4n) is 2.40. The van der Waals surface area contributed by atoms with E-state index >= 15 is 0 Å². The third-order valence-electron chi connectivity index (χ3n) is 3.51. The first-order valence-corrected chi connectivity index (χ1v) is 6.99. The van der Waals surface area contributed by atoms with Crippen LogP contribution in [0.15, 0.2) is 55.6 Å². The Morgan fingerprint density at radius 1 is 1.20 bits per heavy atom. The predicted octanol–water partition coefficient (Wildman–Crippen LogP) is 5.43. The highest BCUT2D eigenvalue weighted by atomic mass is 14.6. The second-order valence-electron chi connectivity index (χ2n) is 4.86. The van der Waals surface area contributed by atoms with Crippen LogP contribution < -0.4 is 5.73 Å². The third-order valence-corrected chi connectivity index (χ3v) is 3.51. The molecule has 0 fully saturated rings. The lowest BCUT2D eigenvalue weighted by atomic mass is 9.97. The van der Waals surface area contributed by atoms with Crippen molar-refractivity contribution in [2.45, 2.75) is 19.8 Å². The van der Waals surface area contributed by atoms with E-state index < -0.39 is 0 Å². The van der Waals surface area contributed by atoms with Crippen molar-refractivity contribution in [3.8, 4) is 0 Å². The molecule has 0 aliphatic rings. The smallest absolute Gasteiger partial charge is 0.0393 e. The van der Waals surface area contributed by atoms with Crippen LogP contribution in [0, 0.1) is 0 Å². The number of fused-ring (bicyclic) bond motifs is 1. The van der Waals surface area contributed by atoms with Crippen molar-refractivity contribution in [3.05, 3.63) is 66.8 Å². The molecule has 0 aliphatic heterocycles. The average molecular weight is 263 g/mol. The van der Waals surface area contributed by atoms with Gasteiger partial charge in [-0.3, -0.25) is 0 Å². The molecule has 0 saturated heterocycles. The second kappa shape index (κ2) is 6.25. The molecule has 0 amide bonds. The molecule has 2 aromatic carbocycles. The predicted molar refractivity (Wildman–Crippen MR) is 91.5 cm³/mol. The van der Waals surface area contributed by atoms with Crippen molar-refractivity contribution in [1.29, 1.82) is 0 Å². The van der Waals surface area contributed by atoms with Gasteiger partial charge in [0, 0.05) is 11.3 Å². The number of hydrogen-bond acceptors (Lipinski definition) is 1. The highest BCUT2D eigenvalue weighted by molar-refractivity contribution is 5.97. The summed E-state index contributed by atoms with van der Waals surface area (Å²) in [6.07, 6.45) is 8.18. The molecule has 0 spiro atoms. The standard InChI is InChI=1S/C19H21N/c1-4-7-8-14(5-2)15-9-11-18-16(13-15)10-12-19(20)17(18)6-3/h5-6,8-13H,2-4,7,20H2,1H3/b14-8+. The molecule has 0 heterocycles. The van der Waals surface area contributed by atoms with Crippen molar-refractivity contribution in [1.82, 2.24) is 0 Å². The minimum Gasteiger partial charge on any atom is -0.398 e. The summed E-state index contributed by atoms with van der Waals surface area (Å²) in [5.41, 5.74) is 10.1. The van der Waals surface area contributed by atoms with Gasteiger partial charge in [0.1, 0.15) is 0 Å². The number of anilines is 1. The first kappa shape index (κ1) is 14.1. The van der Waals surface area contributed by atoms with Gasteiger partial charge >= 0.3 is 0 Å². The Morgan fingerprint density at radius 2 is 2.00 bits per heavy atom. The minimum atomic E-state index is 0.769. The van der Waals surface area contributed by atoms with Crippen LogP contribution in [-0.2, 0) is 0 Å². The lowest BCUT2D eigenvalue weighted by Gasteiger charge is -2.09. The third kappa shape index (κ3) is 2.67. The Hall–Kier alpha value is -2.28. The summed E-state index contributed by atoms with van der Waals surface area (Å²) in [6.45, 7) is 9.94. The van der Waals surface area contributed by atoms with Crippen LogP contribution in [0.1, 0.15) is 30.9 Å². The number of nitrogen functional groups attached to an aromatic ring is 1. The van der Waals surface area contributed by atoms with Crippen molar-refractivity contribution >= 4 is 28.1 Å². The molecule has 0 atom stereocenters. The number of benzene rings is 2. The molecule has 1 nitrogen and oxygen atoms in total. The minimum absolute atomic E-state index is 0.769. The lowest BCUT2D eigenvalue weighted by Crippen LogP contribution is -1.91. The van der Waals surface area contributed by atoms with Crippen LogP contribution in [-0.4, -0.2) is 0 Å². The molecule has 0 saturated carbocycles. The van der Waals surface area contributed by atoms with E-state index in [1.807, 2.05) is 18.2 Å². The number of hydrogen-bond donors (Lipinski definition) is 1. The summed E-state index contributed by atoms with van der Waals surface area (Å²) in [7, 11) is 0. The Balaban J connectivity index is 2.57. The highest BCUT2D eigenvalue weighted by Gasteiger charge is 2.04. The summed E-state index contributed by atoms with van der Waals surface area (Å²) in [5.74, 6) is 0. The fraction of sp³-hybridized carbons (Fsp3) is 0.158. The van der Waals surface area contributed by atoms with Crippen molar-refractivity contribution in [2.24, 2.45) is 0 Å². The molecule has 0 bridgehead atoms. The molecular weight excluding hydrogens is 242 g/mol. The molecule has 20 heavy (non-hydrogen) atoms. The van der Waals surface area contributed by atoms with Crippen LogP contribution in [0.2, 0.25) is 0 Å². The number of rotatable bonds is 5. The van der Waals surface area contributed by atoms with Gasteiger partial charge in [-0.15, -0.1) is 0 Å². The number of unbranched alkanes of at least 4 members (excludes halogenated alkanes) is 1. The van der Waals surface area contributed by atoms with Crippen LogP contribution in [0.3, 0.4) is 0 Å². The summed E-state index contributed by atoms with van der Waals surface area (Å²) in [6, 6.07) is 10.4. The zero-order valence-electron chi connectivity index (χ0n) is 12.0. The number of allylic oxidation sites excluding steroid dienone is 3. The molecule has 0 aliphatic carbocycles. The Bertz CT molecular complexity index is 677. The molecule has 2 N–H and O–H groups in total. The van der Waals surface area contributed by atoms with Crippen molar-refractivity contribution in [2.75, 3.05) is 5.73 Å². The van der Waals surface area contributed by atoms with Crippen LogP contribution in [0.5, 0.6) is 0 Å². The van der Waals surface area contributed by atoms with Gasteiger partial charge in [-0.25, -0.2) is 0 Å². The van der Waals surface area contributed by atoms with Gasteiger partial charge in [0.05, 0.1) is 0 Å². The second-order valence-corrected chi connectivity index (χ2v) is 4.86. The van der Waals surface area contributed by atoms with Gasteiger partial charge in [0.15, 0.2) is 0 Å². The van der Waals surface area contributed by atoms with Gasteiger partial charge in [-0.05, 0) is 40.5 Å². The first-order valence-electron chi connectivity index (χ1n) is 6.99. The summed E-state index contributed by atoms with van der Waals surface area (Å²) >= 11 is 0. The van der Waals surface area contributed by atoms with Gasteiger partial charge in [0.25, 0.3) is 0 Å². The average Bonchev–Trinajstić information content (AvgIpc) is 2.48. The van der Waals surface area contributed by atoms with Gasteiger partial charge in [0.2, 0.25) is 0 Å². The summed E-state index contributed by atoms with van der Waals surface area (Å²) < 4.78 is 0. The van der Waals surface area contributed by atoms with E-state index in [2.05, 4.69) is 50.4 Å². The topological polar surface area (TPSA) is 26.0 Å². The maximum atomic E-state index is 5.99. The maximum absolute atomic E-state index is 5.99. The Morgan fingerprint density at radius 3 is 2.65 bits per heavy atom. The molecular formula is C19H21N. The van der Waals surface area contributed by atoms with E-state index in [1.165, 1.54) is 16.5 Å². The molecule has 0 aromatic heterocycles. The molecule has 1 heteroatoms. The van der Waals surface area contributed by atoms with Gasteiger partial charge < -0.3 is 5.73 Å². The Kier molecular flexibility index (Phi) is 4.41. The molecule has 2 rings (SSSR count). The normalized spacial score (nSPS) is 11.6. The van der Waals surface area contributed by atoms with Crippen LogP contribution >= 0.6 is 0 Å². The summed E-state index contributed by atoms with van der Waals surface area (Å²) in [5, 5.41) is 2.32. The maximum Gasteiger partial charge on any atom is 0.0393 e. The monoisotopic (exact) mass is 263 g/mol.